The molecule has 0 aromatic carbocycles. The van der Waals surface area contributed by atoms with Crippen LogP contribution in [-0.2, 0) is 0 Å². The molecule has 2 rings (SSSR count). The monoisotopic (exact) mass is 183 g/mol. The topological polar surface area (TPSA) is 68.0 Å². The van der Waals surface area contributed by atoms with Gasteiger partial charge in [0.25, 0.3) is 12.1 Å². The maximum absolute atomic E-state index is 5.39. The van der Waals surface area contributed by atoms with Crippen LogP contribution in [0.25, 0.3) is 0 Å². The molecule has 0 saturated heterocycles. The Hall–Kier alpha value is -1.26. The Kier molecular flexibility index (Phi) is 2.33. The van der Waals surface area contributed by atoms with Crippen LogP contribution in [0.3, 0.4) is 0 Å². The molecule has 1 heterocycles. The van der Waals surface area contributed by atoms with E-state index in [9.17, 15) is 0 Å². The third-order valence-electron chi connectivity index (χ3n) is 2.40. The molecule has 0 unspecified atom stereocenters. The normalized spacial score (nSPS) is 18.8. The molecule has 0 spiro atoms. The SMILES string of the molecule is Nc1c[n+](NC2CCCCC2)no1. The quantitative estimate of drug-likeness (QED) is 0.652. The molecule has 0 atom stereocenters. The van der Waals surface area contributed by atoms with E-state index in [0.717, 1.165) is 0 Å². The highest BCUT2D eigenvalue weighted by atomic mass is 16.5. The summed E-state index contributed by atoms with van der Waals surface area (Å²) < 4.78 is 4.73. The summed E-state index contributed by atoms with van der Waals surface area (Å²) >= 11 is 0. The highest BCUT2D eigenvalue weighted by Gasteiger charge is 2.18. The van der Waals surface area contributed by atoms with Gasteiger partial charge in [0.15, 0.2) is 0 Å². The molecule has 0 radical (unpaired) electrons. The summed E-state index contributed by atoms with van der Waals surface area (Å²) in [6.45, 7) is 0. The van der Waals surface area contributed by atoms with Crippen LogP contribution in [0.15, 0.2) is 10.7 Å². The first-order chi connectivity index (χ1) is 6.34. The molecule has 1 saturated carbocycles. The number of nitrogens with zero attached hydrogens (tertiary/aromatic N) is 2. The average Bonchev–Trinajstić information content (AvgIpc) is 2.53. The molecule has 1 aromatic heterocycles. The number of aromatic nitrogens is 2. The smallest absolute Gasteiger partial charge is 0.296 e. The van der Waals surface area contributed by atoms with Crippen LogP contribution >= 0.6 is 0 Å². The molecule has 0 amide bonds. The molecule has 1 aliphatic carbocycles. The van der Waals surface area contributed by atoms with E-state index in [1.54, 1.807) is 11.0 Å². The number of nitrogen functional groups attached to an aromatic ring is 1. The van der Waals surface area contributed by atoms with Gasteiger partial charge in [-0.25, -0.2) is 0 Å². The van der Waals surface area contributed by atoms with Gasteiger partial charge in [0.1, 0.15) is 0 Å². The van der Waals surface area contributed by atoms with E-state index in [-0.39, 0.29) is 0 Å². The summed E-state index contributed by atoms with van der Waals surface area (Å²) in [4.78, 5) is 1.56. The molecule has 72 valence electrons. The van der Waals surface area contributed by atoms with Crippen molar-refractivity contribution in [3.8, 4) is 0 Å². The Bertz CT molecular complexity index is 267. The first kappa shape index (κ1) is 8.34. The Balaban J connectivity index is 1.89. The first-order valence-corrected chi connectivity index (χ1v) is 4.75. The van der Waals surface area contributed by atoms with Crippen molar-refractivity contribution < 1.29 is 9.31 Å². The number of rotatable bonds is 2. The average molecular weight is 183 g/mol. The lowest BCUT2D eigenvalue weighted by Crippen LogP contribution is -2.51. The van der Waals surface area contributed by atoms with Crippen LogP contribution in [0.5, 0.6) is 0 Å². The van der Waals surface area contributed by atoms with Crippen LogP contribution in [-0.4, -0.2) is 11.3 Å². The molecule has 1 aliphatic rings. The highest BCUT2D eigenvalue weighted by molar-refractivity contribution is 5.11. The standard InChI is InChI=1S/C8H15N4O/c9-8-6-12(11-13-8)10-7-4-2-1-3-5-7/h6-7H,1-5,9H2,(H,10,11)/q+1. The largest absolute Gasteiger partial charge is 0.362 e. The lowest BCUT2D eigenvalue weighted by molar-refractivity contribution is -0.722. The summed E-state index contributed by atoms with van der Waals surface area (Å²) in [6, 6.07) is 0.517. The fourth-order valence-electron chi connectivity index (χ4n) is 1.74. The molecule has 13 heavy (non-hydrogen) atoms. The minimum absolute atomic E-state index is 0.336. The fraction of sp³-hybridized carbons (Fsp3) is 0.750. The van der Waals surface area contributed by atoms with Gasteiger partial charge >= 0.3 is 0 Å². The molecule has 5 nitrogen and oxygen atoms in total. The van der Waals surface area contributed by atoms with Crippen molar-refractivity contribution in [2.75, 3.05) is 11.2 Å². The second-order valence-electron chi connectivity index (χ2n) is 3.51. The van der Waals surface area contributed by atoms with Crippen LogP contribution < -0.4 is 16.0 Å². The Morgan fingerprint density at radius 1 is 1.46 bits per heavy atom. The summed E-state index contributed by atoms with van der Waals surface area (Å²) in [5.74, 6) is 0.336. The molecule has 3 N–H and O–H groups in total. The number of nitrogens with two attached hydrogens (primary N) is 1. The van der Waals surface area contributed by atoms with E-state index >= 15 is 0 Å². The third kappa shape index (κ3) is 2.11. The molecule has 1 fully saturated rings. The molecule has 0 bridgehead atoms. The van der Waals surface area contributed by atoms with Gasteiger partial charge in [-0.2, -0.15) is 5.43 Å². The second-order valence-corrected chi connectivity index (χ2v) is 3.51. The van der Waals surface area contributed by atoms with Crippen molar-refractivity contribution in [3.05, 3.63) is 6.20 Å². The Morgan fingerprint density at radius 3 is 2.85 bits per heavy atom. The van der Waals surface area contributed by atoms with Crippen molar-refractivity contribution >= 4 is 5.88 Å². The zero-order valence-corrected chi connectivity index (χ0v) is 7.57. The van der Waals surface area contributed by atoms with Crippen LogP contribution in [0.1, 0.15) is 32.1 Å². The van der Waals surface area contributed by atoms with E-state index < -0.39 is 0 Å². The summed E-state index contributed by atoms with van der Waals surface area (Å²) in [5, 5.41) is 3.72. The van der Waals surface area contributed by atoms with Gasteiger partial charge in [-0.1, -0.05) is 19.3 Å². The van der Waals surface area contributed by atoms with Crippen LogP contribution in [0.2, 0.25) is 0 Å². The molecular weight excluding hydrogens is 168 g/mol. The third-order valence-corrected chi connectivity index (χ3v) is 2.40. The lowest BCUT2D eigenvalue weighted by atomic mass is 9.96. The number of anilines is 1. The molecular formula is C8H15N4O+. The maximum Gasteiger partial charge on any atom is 0.296 e. The summed E-state index contributed by atoms with van der Waals surface area (Å²) in [5.41, 5.74) is 8.63. The van der Waals surface area contributed by atoms with Crippen molar-refractivity contribution in [1.82, 2.24) is 5.27 Å². The number of hydrogen-bond acceptors (Lipinski definition) is 4. The van der Waals surface area contributed by atoms with Crippen molar-refractivity contribution in [1.29, 1.82) is 0 Å². The minimum Gasteiger partial charge on any atom is -0.362 e. The molecule has 0 aliphatic heterocycles. The fourth-order valence-corrected chi connectivity index (χ4v) is 1.74. The number of nitrogens with one attached hydrogen (secondary N) is 1. The first-order valence-electron chi connectivity index (χ1n) is 4.75. The molecule has 5 heteroatoms. The Labute approximate surface area is 76.8 Å². The van der Waals surface area contributed by atoms with Crippen LogP contribution in [0.4, 0.5) is 5.88 Å². The maximum atomic E-state index is 5.39. The van der Waals surface area contributed by atoms with E-state index in [2.05, 4.69) is 10.7 Å². The van der Waals surface area contributed by atoms with E-state index in [4.69, 9.17) is 10.3 Å². The predicted molar refractivity (Wildman–Crippen MR) is 47.3 cm³/mol. The zero-order chi connectivity index (χ0) is 9.10. The Morgan fingerprint density at radius 2 is 2.23 bits per heavy atom. The van der Waals surface area contributed by atoms with Crippen molar-refractivity contribution in [2.24, 2.45) is 0 Å². The van der Waals surface area contributed by atoms with Gasteiger partial charge in [-0.05, 0) is 12.8 Å². The second kappa shape index (κ2) is 3.64. The molecule has 1 aromatic rings. The van der Waals surface area contributed by atoms with Gasteiger partial charge in [-0.15, -0.1) is 0 Å². The van der Waals surface area contributed by atoms with Gasteiger partial charge in [0, 0.05) is 0 Å². The van der Waals surface area contributed by atoms with Crippen LogP contribution in [0, 0.1) is 0 Å². The lowest BCUT2D eigenvalue weighted by Gasteiger charge is -2.17. The zero-order valence-electron chi connectivity index (χ0n) is 7.57. The van der Waals surface area contributed by atoms with Crippen molar-refractivity contribution in [3.63, 3.8) is 0 Å². The highest BCUT2D eigenvalue weighted by Crippen LogP contribution is 2.17. The van der Waals surface area contributed by atoms with E-state index in [0.29, 0.717) is 11.9 Å². The van der Waals surface area contributed by atoms with Gasteiger partial charge in [0.2, 0.25) is 5.27 Å². The minimum atomic E-state index is 0.336. The van der Waals surface area contributed by atoms with E-state index in [1.807, 2.05) is 0 Å². The van der Waals surface area contributed by atoms with E-state index in [1.165, 1.54) is 32.1 Å². The van der Waals surface area contributed by atoms with Gasteiger partial charge in [0.05, 0.1) is 10.8 Å². The van der Waals surface area contributed by atoms with Gasteiger partial charge in [-0.3, -0.25) is 4.52 Å². The van der Waals surface area contributed by atoms with Crippen molar-refractivity contribution in [2.45, 2.75) is 38.1 Å². The van der Waals surface area contributed by atoms with Gasteiger partial charge < -0.3 is 5.73 Å². The predicted octanol–water partition coefficient (Wildman–Crippen LogP) is 0.420. The summed E-state index contributed by atoms with van der Waals surface area (Å²) in [6.07, 6.45) is 8.01. The number of hydrogen-bond donors (Lipinski definition) is 2. The summed E-state index contributed by atoms with van der Waals surface area (Å²) in [7, 11) is 0.